The summed E-state index contributed by atoms with van der Waals surface area (Å²) < 4.78 is 31.4. The summed E-state index contributed by atoms with van der Waals surface area (Å²) in [7, 11) is -3.88. The number of primary amides is 1. The van der Waals surface area contributed by atoms with E-state index in [1.54, 1.807) is 12.1 Å². The van der Waals surface area contributed by atoms with Crippen molar-refractivity contribution in [1.29, 1.82) is 0 Å². The van der Waals surface area contributed by atoms with Gasteiger partial charge < -0.3 is 15.8 Å². The standard InChI is InChI=1S/C21H25N3O6S2/c1-12-3-6-14(7-4-12)32(28,29)23-10-18(26)30-11-17(25)24-21-19(20(22)27)15-8-5-13(2)9-16(15)31-21/h3-4,6-7,13,23H,5,8-11H2,1-2H3,(H2,22,27)(H,24,25)/t13-/m0/s1. The van der Waals surface area contributed by atoms with Gasteiger partial charge in [0.1, 0.15) is 11.5 Å². The molecule has 2 amide bonds. The number of esters is 1. The molecule has 0 bridgehead atoms. The van der Waals surface area contributed by atoms with Crippen molar-refractivity contribution >= 4 is 44.1 Å². The van der Waals surface area contributed by atoms with Crippen LogP contribution in [0.25, 0.3) is 0 Å². The molecule has 11 heteroatoms. The van der Waals surface area contributed by atoms with Crippen LogP contribution in [0, 0.1) is 12.8 Å². The lowest BCUT2D eigenvalue weighted by atomic mass is 9.88. The molecule has 32 heavy (non-hydrogen) atoms. The number of benzene rings is 1. The van der Waals surface area contributed by atoms with E-state index in [4.69, 9.17) is 10.5 Å². The van der Waals surface area contributed by atoms with E-state index in [0.717, 1.165) is 35.3 Å². The van der Waals surface area contributed by atoms with Gasteiger partial charge in [0, 0.05) is 4.88 Å². The number of nitrogens with one attached hydrogen (secondary N) is 2. The van der Waals surface area contributed by atoms with Crippen molar-refractivity contribution in [3.63, 3.8) is 0 Å². The predicted molar refractivity (Wildman–Crippen MR) is 120 cm³/mol. The number of hydrogen-bond acceptors (Lipinski definition) is 7. The summed E-state index contributed by atoms with van der Waals surface area (Å²) in [5.41, 5.74) is 7.60. The van der Waals surface area contributed by atoms with Gasteiger partial charge in [-0.15, -0.1) is 11.3 Å². The minimum absolute atomic E-state index is 0.0172. The van der Waals surface area contributed by atoms with E-state index in [1.165, 1.54) is 23.5 Å². The number of amides is 2. The first-order chi connectivity index (χ1) is 15.1. The number of carbonyl (C=O) groups excluding carboxylic acids is 3. The van der Waals surface area contributed by atoms with Crippen LogP contribution in [0.5, 0.6) is 0 Å². The SMILES string of the molecule is Cc1ccc(S(=O)(=O)NCC(=O)OCC(=O)Nc2sc3c(c2C(N)=O)CC[C@H](C)C3)cc1. The molecular formula is C21H25N3O6S2. The molecule has 9 nitrogen and oxygen atoms in total. The Hall–Kier alpha value is -2.76. The van der Waals surface area contributed by atoms with Crippen LogP contribution in [0.2, 0.25) is 0 Å². The lowest BCUT2D eigenvalue weighted by molar-refractivity contribution is -0.146. The molecule has 0 saturated carbocycles. The molecule has 0 radical (unpaired) electrons. The second-order valence-electron chi connectivity index (χ2n) is 7.77. The van der Waals surface area contributed by atoms with Gasteiger partial charge in [0.15, 0.2) is 6.61 Å². The highest BCUT2D eigenvalue weighted by molar-refractivity contribution is 7.89. The number of fused-ring (bicyclic) bond motifs is 1. The van der Waals surface area contributed by atoms with E-state index in [1.807, 2.05) is 6.92 Å². The third-order valence-corrected chi connectivity index (χ3v) is 7.70. The van der Waals surface area contributed by atoms with Crippen molar-refractivity contribution < 1.29 is 27.5 Å². The highest BCUT2D eigenvalue weighted by Gasteiger charge is 2.27. The zero-order valence-corrected chi connectivity index (χ0v) is 19.4. The molecule has 1 heterocycles. The molecule has 3 rings (SSSR count). The van der Waals surface area contributed by atoms with Gasteiger partial charge in [0.25, 0.3) is 11.8 Å². The normalized spacial score (nSPS) is 15.6. The number of sulfonamides is 1. The summed E-state index contributed by atoms with van der Waals surface area (Å²) in [6.45, 7) is 2.70. The molecule has 1 atom stereocenters. The molecule has 4 N–H and O–H groups in total. The summed E-state index contributed by atoms with van der Waals surface area (Å²) in [4.78, 5) is 37.1. The number of ether oxygens (including phenoxy) is 1. The predicted octanol–water partition coefficient (Wildman–Crippen LogP) is 1.74. The molecule has 0 aliphatic heterocycles. The summed E-state index contributed by atoms with van der Waals surface area (Å²) >= 11 is 1.30. The second-order valence-corrected chi connectivity index (χ2v) is 10.6. The van der Waals surface area contributed by atoms with Crippen LogP contribution >= 0.6 is 11.3 Å². The molecule has 172 valence electrons. The minimum Gasteiger partial charge on any atom is -0.455 e. The quantitative estimate of drug-likeness (QED) is 0.492. The molecule has 1 aliphatic rings. The second kappa shape index (κ2) is 9.80. The van der Waals surface area contributed by atoms with Gasteiger partial charge in [-0.3, -0.25) is 14.4 Å². The Morgan fingerprint density at radius 3 is 2.56 bits per heavy atom. The third-order valence-electron chi connectivity index (χ3n) is 5.11. The van der Waals surface area contributed by atoms with Gasteiger partial charge in [-0.05, 0) is 49.8 Å². The van der Waals surface area contributed by atoms with Gasteiger partial charge in [-0.1, -0.05) is 24.6 Å². The summed E-state index contributed by atoms with van der Waals surface area (Å²) in [6.07, 6.45) is 2.47. The Morgan fingerprint density at radius 2 is 1.91 bits per heavy atom. The van der Waals surface area contributed by atoms with Crippen molar-refractivity contribution in [2.75, 3.05) is 18.5 Å². The number of carbonyl (C=O) groups is 3. The zero-order valence-electron chi connectivity index (χ0n) is 17.8. The Kier molecular flexibility index (Phi) is 7.32. The first-order valence-corrected chi connectivity index (χ1v) is 12.3. The summed E-state index contributed by atoms with van der Waals surface area (Å²) in [6, 6.07) is 6.13. The minimum atomic E-state index is -3.88. The fraction of sp³-hybridized carbons (Fsp3) is 0.381. The number of nitrogens with two attached hydrogens (primary N) is 1. The zero-order chi connectivity index (χ0) is 23.5. The van der Waals surface area contributed by atoms with Gasteiger partial charge in [0.2, 0.25) is 10.0 Å². The first-order valence-electron chi connectivity index (χ1n) is 10.0. The van der Waals surface area contributed by atoms with Gasteiger partial charge in [0.05, 0.1) is 10.5 Å². The van der Waals surface area contributed by atoms with Crippen LogP contribution in [0.4, 0.5) is 5.00 Å². The van der Waals surface area contributed by atoms with E-state index in [9.17, 15) is 22.8 Å². The lowest BCUT2D eigenvalue weighted by Crippen LogP contribution is -2.32. The molecule has 0 unspecified atom stereocenters. The van der Waals surface area contributed by atoms with E-state index in [-0.39, 0.29) is 4.90 Å². The first kappa shape index (κ1) is 23.9. The van der Waals surface area contributed by atoms with E-state index in [0.29, 0.717) is 16.5 Å². The molecule has 1 aromatic heterocycles. The average Bonchev–Trinajstić information content (AvgIpc) is 3.08. The molecule has 0 spiro atoms. The molecular weight excluding hydrogens is 454 g/mol. The smallest absolute Gasteiger partial charge is 0.321 e. The average molecular weight is 480 g/mol. The van der Waals surface area contributed by atoms with Gasteiger partial charge >= 0.3 is 5.97 Å². The highest BCUT2D eigenvalue weighted by Crippen LogP contribution is 2.39. The van der Waals surface area contributed by atoms with E-state index < -0.39 is 41.0 Å². The van der Waals surface area contributed by atoms with Crippen molar-refractivity contribution in [1.82, 2.24) is 4.72 Å². The lowest BCUT2D eigenvalue weighted by Gasteiger charge is -2.18. The number of thiophene rings is 1. The van der Waals surface area contributed by atoms with Gasteiger partial charge in [-0.2, -0.15) is 4.72 Å². The van der Waals surface area contributed by atoms with Crippen LogP contribution in [-0.4, -0.2) is 39.4 Å². The Morgan fingerprint density at radius 1 is 1.22 bits per heavy atom. The van der Waals surface area contributed by atoms with E-state index >= 15 is 0 Å². The fourth-order valence-corrected chi connectivity index (χ4v) is 5.82. The van der Waals surface area contributed by atoms with Crippen molar-refractivity contribution in [2.45, 2.75) is 38.0 Å². The van der Waals surface area contributed by atoms with Crippen LogP contribution in [0.15, 0.2) is 29.2 Å². The fourth-order valence-electron chi connectivity index (χ4n) is 3.41. The Bertz CT molecular complexity index is 1140. The highest BCUT2D eigenvalue weighted by atomic mass is 32.2. The number of anilines is 1. The largest absolute Gasteiger partial charge is 0.455 e. The maximum absolute atomic E-state index is 12.3. The van der Waals surface area contributed by atoms with Crippen LogP contribution in [-0.2, 0) is 37.2 Å². The van der Waals surface area contributed by atoms with Crippen LogP contribution < -0.4 is 15.8 Å². The number of rotatable bonds is 8. The Labute approximate surface area is 190 Å². The van der Waals surface area contributed by atoms with Gasteiger partial charge in [-0.25, -0.2) is 8.42 Å². The maximum Gasteiger partial charge on any atom is 0.321 e. The Balaban J connectivity index is 1.54. The third kappa shape index (κ3) is 5.72. The monoisotopic (exact) mass is 479 g/mol. The summed E-state index contributed by atoms with van der Waals surface area (Å²) in [5.74, 6) is -1.69. The molecule has 0 fully saturated rings. The summed E-state index contributed by atoms with van der Waals surface area (Å²) in [5, 5.41) is 2.93. The van der Waals surface area contributed by atoms with E-state index in [2.05, 4.69) is 17.0 Å². The van der Waals surface area contributed by atoms with Crippen molar-refractivity contribution in [3.8, 4) is 0 Å². The van der Waals surface area contributed by atoms with Crippen LogP contribution in [0.1, 0.15) is 39.7 Å². The molecule has 2 aromatic rings. The maximum atomic E-state index is 12.3. The van der Waals surface area contributed by atoms with Crippen LogP contribution in [0.3, 0.4) is 0 Å². The molecule has 0 saturated heterocycles. The molecule has 1 aromatic carbocycles. The van der Waals surface area contributed by atoms with Crippen molar-refractivity contribution in [3.05, 3.63) is 45.8 Å². The topological polar surface area (TPSA) is 145 Å². The number of hydrogen-bond donors (Lipinski definition) is 3. The number of aryl methyl sites for hydroxylation is 1. The van der Waals surface area contributed by atoms with Crippen molar-refractivity contribution in [2.24, 2.45) is 11.7 Å². The molecule has 1 aliphatic carbocycles.